The first kappa shape index (κ1) is 14.2. The van der Waals surface area contributed by atoms with Crippen molar-refractivity contribution in [3.8, 4) is 0 Å². The molecule has 1 rings (SSSR count). The van der Waals surface area contributed by atoms with Crippen molar-refractivity contribution in [2.75, 3.05) is 32.8 Å². The molecule has 0 unspecified atom stereocenters. The van der Waals surface area contributed by atoms with E-state index in [-0.39, 0.29) is 6.61 Å². The highest BCUT2D eigenvalue weighted by Gasteiger charge is 2.04. The molecule has 0 aliphatic rings. The van der Waals surface area contributed by atoms with Crippen molar-refractivity contribution in [1.29, 1.82) is 0 Å². The number of hydrogen-bond donors (Lipinski definition) is 2. The van der Waals surface area contributed by atoms with Gasteiger partial charge in [-0.1, -0.05) is 37.3 Å². The lowest BCUT2D eigenvalue weighted by Crippen LogP contribution is -2.29. The number of aliphatic hydroxyl groups is 1. The van der Waals surface area contributed by atoms with Gasteiger partial charge in [0.25, 0.3) is 0 Å². The molecule has 0 saturated heterocycles. The first-order chi connectivity index (χ1) is 8.36. The molecule has 0 atom stereocenters. The Labute approximate surface area is 104 Å². The van der Waals surface area contributed by atoms with Gasteiger partial charge in [0.05, 0.1) is 6.61 Å². The van der Waals surface area contributed by atoms with Crippen LogP contribution in [0.3, 0.4) is 0 Å². The van der Waals surface area contributed by atoms with Gasteiger partial charge in [-0.2, -0.15) is 0 Å². The maximum absolute atomic E-state index is 9.06. The lowest BCUT2D eigenvalue weighted by molar-refractivity contribution is 0.188. The van der Waals surface area contributed by atoms with Crippen LogP contribution in [0.25, 0.3) is 0 Å². The van der Waals surface area contributed by atoms with Crippen molar-refractivity contribution in [2.45, 2.75) is 19.9 Å². The molecule has 0 amide bonds. The van der Waals surface area contributed by atoms with Gasteiger partial charge in [0.15, 0.2) is 0 Å². The Morgan fingerprint density at radius 3 is 2.59 bits per heavy atom. The van der Waals surface area contributed by atoms with Crippen LogP contribution in [0.5, 0.6) is 0 Å². The van der Waals surface area contributed by atoms with Gasteiger partial charge in [-0.15, -0.1) is 0 Å². The average molecular weight is 236 g/mol. The van der Waals surface area contributed by atoms with Crippen LogP contribution >= 0.6 is 0 Å². The fourth-order valence-electron chi connectivity index (χ4n) is 1.86. The Kier molecular flexibility index (Phi) is 7.63. The summed E-state index contributed by atoms with van der Waals surface area (Å²) >= 11 is 0. The average Bonchev–Trinajstić information content (AvgIpc) is 2.36. The van der Waals surface area contributed by atoms with Gasteiger partial charge in [-0.05, 0) is 31.6 Å². The second-order valence-electron chi connectivity index (χ2n) is 4.19. The van der Waals surface area contributed by atoms with E-state index in [1.54, 1.807) is 0 Å². The minimum Gasteiger partial charge on any atom is -0.395 e. The highest BCUT2D eigenvalue weighted by molar-refractivity contribution is 5.14. The Morgan fingerprint density at radius 2 is 1.94 bits per heavy atom. The van der Waals surface area contributed by atoms with Crippen LogP contribution in [0, 0.1) is 0 Å². The molecule has 0 radical (unpaired) electrons. The van der Waals surface area contributed by atoms with Crippen molar-refractivity contribution in [2.24, 2.45) is 0 Å². The van der Waals surface area contributed by atoms with Gasteiger partial charge in [0.2, 0.25) is 0 Å². The molecule has 0 bridgehead atoms. The zero-order valence-electron chi connectivity index (χ0n) is 10.7. The summed E-state index contributed by atoms with van der Waals surface area (Å²) in [7, 11) is 0. The molecule has 0 spiro atoms. The largest absolute Gasteiger partial charge is 0.395 e. The third kappa shape index (κ3) is 6.41. The molecule has 96 valence electrons. The van der Waals surface area contributed by atoms with E-state index in [9.17, 15) is 0 Å². The van der Waals surface area contributed by atoms with Crippen molar-refractivity contribution >= 4 is 0 Å². The summed E-state index contributed by atoms with van der Waals surface area (Å²) in [5.74, 6) is 0. The summed E-state index contributed by atoms with van der Waals surface area (Å²) in [6.07, 6.45) is 1.13. The van der Waals surface area contributed by atoms with Crippen LogP contribution < -0.4 is 5.32 Å². The summed E-state index contributed by atoms with van der Waals surface area (Å²) in [6.45, 7) is 7.13. The molecular weight excluding hydrogens is 212 g/mol. The Morgan fingerprint density at radius 1 is 1.18 bits per heavy atom. The predicted octanol–water partition coefficient (Wildman–Crippen LogP) is 1.48. The van der Waals surface area contributed by atoms with Gasteiger partial charge in [-0.3, -0.25) is 4.90 Å². The van der Waals surface area contributed by atoms with Crippen LogP contribution in [0.4, 0.5) is 0 Å². The maximum Gasteiger partial charge on any atom is 0.0558 e. The zero-order chi connectivity index (χ0) is 12.3. The van der Waals surface area contributed by atoms with Crippen LogP contribution in [-0.2, 0) is 6.54 Å². The highest BCUT2D eigenvalue weighted by atomic mass is 16.3. The van der Waals surface area contributed by atoms with Crippen molar-refractivity contribution in [3.63, 3.8) is 0 Å². The Bertz CT molecular complexity index is 277. The van der Waals surface area contributed by atoms with Gasteiger partial charge >= 0.3 is 0 Å². The number of nitrogens with one attached hydrogen (secondary N) is 1. The van der Waals surface area contributed by atoms with Gasteiger partial charge in [0.1, 0.15) is 0 Å². The van der Waals surface area contributed by atoms with Gasteiger partial charge < -0.3 is 10.4 Å². The topological polar surface area (TPSA) is 35.5 Å². The Balaban J connectivity index is 2.32. The third-order valence-corrected chi connectivity index (χ3v) is 2.74. The van der Waals surface area contributed by atoms with E-state index < -0.39 is 0 Å². The van der Waals surface area contributed by atoms with Gasteiger partial charge in [0, 0.05) is 13.1 Å². The monoisotopic (exact) mass is 236 g/mol. The molecule has 0 fully saturated rings. The molecule has 0 heterocycles. The van der Waals surface area contributed by atoms with E-state index in [1.807, 2.05) is 6.07 Å². The molecule has 17 heavy (non-hydrogen) atoms. The second kappa shape index (κ2) is 9.16. The smallest absolute Gasteiger partial charge is 0.0558 e. The Hall–Kier alpha value is -0.900. The van der Waals surface area contributed by atoms with Crippen LogP contribution in [0.15, 0.2) is 30.3 Å². The molecule has 0 saturated carbocycles. The standard InChI is InChI=1S/C14H24N2O/c1-2-15-9-6-10-16(11-12-17)13-14-7-4-3-5-8-14/h3-5,7-8,15,17H,2,6,9-13H2,1H3. The first-order valence-corrected chi connectivity index (χ1v) is 6.44. The number of rotatable bonds is 9. The van der Waals surface area contributed by atoms with Crippen molar-refractivity contribution in [1.82, 2.24) is 10.2 Å². The molecule has 1 aromatic carbocycles. The molecule has 0 aliphatic heterocycles. The third-order valence-electron chi connectivity index (χ3n) is 2.74. The van der Waals surface area contributed by atoms with Crippen molar-refractivity contribution in [3.05, 3.63) is 35.9 Å². The molecule has 3 heteroatoms. The molecule has 0 aliphatic carbocycles. The predicted molar refractivity (Wildman–Crippen MR) is 72.0 cm³/mol. The first-order valence-electron chi connectivity index (χ1n) is 6.44. The van der Waals surface area contributed by atoms with Gasteiger partial charge in [-0.25, -0.2) is 0 Å². The summed E-state index contributed by atoms with van der Waals surface area (Å²) in [5, 5.41) is 12.4. The number of hydrogen-bond acceptors (Lipinski definition) is 3. The number of nitrogens with zero attached hydrogens (tertiary/aromatic N) is 1. The number of benzene rings is 1. The van der Waals surface area contributed by atoms with E-state index in [1.165, 1.54) is 5.56 Å². The summed E-state index contributed by atoms with van der Waals surface area (Å²) in [6, 6.07) is 10.4. The van der Waals surface area contributed by atoms with Crippen molar-refractivity contribution < 1.29 is 5.11 Å². The zero-order valence-corrected chi connectivity index (χ0v) is 10.7. The lowest BCUT2D eigenvalue weighted by Gasteiger charge is -2.21. The van der Waals surface area contributed by atoms with E-state index in [0.717, 1.165) is 39.1 Å². The minimum atomic E-state index is 0.230. The van der Waals surface area contributed by atoms with Crippen LogP contribution in [0.1, 0.15) is 18.9 Å². The molecule has 1 aromatic rings. The van der Waals surface area contributed by atoms with Crippen LogP contribution in [0.2, 0.25) is 0 Å². The van der Waals surface area contributed by atoms with E-state index in [4.69, 9.17) is 5.11 Å². The van der Waals surface area contributed by atoms with E-state index >= 15 is 0 Å². The second-order valence-corrected chi connectivity index (χ2v) is 4.19. The molecular formula is C14H24N2O. The SMILES string of the molecule is CCNCCCN(CCO)Cc1ccccc1. The highest BCUT2D eigenvalue weighted by Crippen LogP contribution is 2.04. The normalized spacial score (nSPS) is 11.0. The van der Waals surface area contributed by atoms with E-state index in [0.29, 0.717) is 0 Å². The molecule has 3 nitrogen and oxygen atoms in total. The maximum atomic E-state index is 9.06. The molecule has 2 N–H and O–H groups in total. The minimum absolute atomic E-state index is 0.230. The quantitative estimate of drug-likeness (QED) is 0.638. The van der Waals surface area contributed by atoms with Crippen LogP contribution in [-0.4, -0.2) is 42.8 Å². The fourth-order valence-corrected chi connectivity index (χ4v) is 1.86. The number of aliphatic hydroxyl groups excluding tert-OH is 1. The summed E-state index contributed by atoms with van der Waals surface area (Å²) in [4.78, 5) is 2.30. The molecule has 0 aromatic heterocycles. The fraction of sp³-hybridized carbons (Fsp3) is 0.571. The lowest BCUT2D eigenvalue weighted by atomic mass is 10.2. The summed E-state index contributed by atoms with van der Waals surface area (Å²) in [5.41, 5.74) is 1.31. The summed E-state index contributed by atoms with van der Waals surface area (Å²) < 4.78 is 0. The van der Waals surface area contributed by atoms with E-state index in [2.05, 4.69) is 41.4 Å².